The zero-order valence-electron chi connectivity index (χ0n) is 14.0. The summed E-state index contributed by atoms with van der Waals surface area (Å²) in [7, 11) is 1.40. The Labute approximate surface area is 156 Å². The van der Waals surface area contributed by atoms with Gasteiger partial charge in [0, 0.05) is 31.7 Å². The minimum atomic E-state index is -4.65. The van der Waals surface area contributed by atoms with Crippen LogP contribution in [0.25, 0.3) is 0 Å². The second-order valence-corrected chi connectivity index (χ2v) is 6.51. The number of Topliss-reactive ketones (excluding diaryl/α,β-unsaturated/α-hetero) is 2. The molecule has 27 heavy (non-hydrogen) atoms. The van der Waals surface area contributed by atoms with Crippen LogP contribution in [0.15, 0.2) is 45.4 Å². The van der Waals surface area contributed by atoms with Crippen molar-refractivity contribution in [1.29, 1.82) is 0 Å². The molecule has 1 heterocycles. The molecule has 144 valence electrons. The number of rotatable bonds is 7. The minimum Gasteiger partial charge on any atom is -0.426 e. The van der Waals surface area contributed by atoms with E-state index in [1.165, 1.54) is 25.4 Å². The Morgan fingerprint density at radius 2 is 1.96 bits per heavy atom. The number of thioether (sulfide) groups is 1. The monoisotopic (exact) mass is 402 g/mol. The van der Waals surface area contributed by atoms with Crippen molar-refractivity contribution >= 4 is 35.8 Å². The molecule has 1 aliphatic heterocycles. The van der Waals surface area contributed by atoms with Crippen LogP contribution in [0.4, 0.5) is 17.6 Å². The molecule has 2 rings (SSSR count). The van der Waals surface area contributed by atoms with E-state index in [9.17, 15) is 27.2 Å². The summed E-state index contributed by atoms with van der Waals surface area (Å²) in [5.41, 5.74) is 0.114. The van der Waals surface area contributed by atoms with Gasteiger partial charge < -0.3 is 4.74 Å². The highest BCUT2D eigenvalue weighted by Gasteiger charge is 2.63. The summed E-state index contributed by atoms with van der Waals surface area (Å²) in [5, 5.41) is -4.46. The maximum absolute atomic E-state index is 13.4. The maximum Gasteiger partial charge on any atom is 0.475 e. The normalized spacial score (nSPS) is 17.9. The summed E-state index contributed by atoms with van der Waals surface area (Å²) in [6, 6.07) is 3.26. The van der Waals surface area contributed by atoms with Crippen LogP contribution in [0.5, 0.6) is 5.75 Å². The molecular formula is C17H14F4N2O3S. The molecule has 0 bridgehead atoms. The number of ether oxygens (including phenoxy) is 1. The van der Waals surface area contributed by atoms with Gasteiger partial charge in [0.15, 0.2) is 11.6 Å². The van der Waals surface area contributed by atoms with E-state index in [0.717, 1.165) is 12.1 Å². The van der Waals surface area contributed by atoms with Gasteiger partial charge in [-0.2, -0.15) is 17.6 Å². The lowest BCUT2D eigenvalue weighted by molar-refractivity contribution is -0.273. The maximum atomic E-state index is 13.4. The number of benzene rings is 1. The number of halogens is 4. The Morgan fingerprint density at radius 1 is 1.26 bits per heavy atom. The van der Waals surface area contributed by atoms with E-state index in [0.29, 0.717) is 0 Å². The van der Waals surface area contributed by atoms with Crippen LogP contribution < -0.4 is 4.74 Å². The minimum absolute atomic E-state index is 0.0111. The third-order valence-electron chi connectivity index (χ3n) is 3.52. The SMILES string of the molecule is C=N/C=C\C(=NC)C(=O)CCC(=O)c1ccc2c(c1)SC(F)(F)C(F)(F)O2. The second-order valence-electron chi connectivity index (χ2n) is 5.35. The van der Waals surface area contributed by atoms with Gasteiger partial charge in [0.05, 0.1) is 4.90 Å². The lowest BCUT2D eigenvalue weighted by Gasteiger charge is -2.31. The summed E-state index contributed by atoms with van der Waals surface area (Å²) in [6.45, 7) is 3.22. The first-order valence-corrected chi connectivity index (χ1v) is 8.36. The van der Waals surface area contributed by atoms with Crippen LogP contribution in [-0.2, 0) is 4.79 Å². The van der Waals surface area contributed by atoms with Gasteiger partial charge in [-0.3, -0.25) is 19.6 Å². The quantitative estimate of drug-likeness (QED) is 0.390. The molecule has 0 unspecified atom stereocenters. The zero-order valence-corrected chi connectivity index (χ0v) is 14.9. The summed E-state index contributed by atoms with van der Waals surface area (Å²) >= 11 is -0.377. The van der Waals surface area contributed by atoms with E-state index < -0.39 is 28.7 Å². The Morgan fingerprint density at radius 3 is 2.59 bits per heavy atom. The number of carbonyl (C=O) groups is 2. The van der Waals surface area contributed by atoms with Gasteiger partial charge in [-0.15, -0.1) is 0 Å². The standard InChI is InChI=1S/C17H14F4N2O3S/c1-22-8-7-11(23-2)13(25)5-4-12(24)10-3-6-14-15(9-10)27-17(20,21)16(18,19)26-14/h3,6-9H,1,4-5H2,2H3/b8-7-,23-11?. The molecule has 0 spiro atoms. The third-order valence-corrected chi connectivity index (χ3v) is 4.56. The van der Waals surface area contributed by atoms with Crippen LogP contribution in [0, 0.1) is 0 Å². The van der Waals surface area contributed by atoms with Crippen molar-refractivity contribution < 1.29 is 31.9 Å². The molecule has 0 saturated carbocycles. The Bertz CT molecular complexity index is 837. The zero-order chi connectivity index (χ0) is 20.2. The highest BCUT2D eigenvalue weighted by Crippen LogP contribution is 2.54. The largest absolute Gasteiger partial charge is 0.475 e. The molecule has 1 aliphatic rings. The molecule has 0 radical (unpaired) electrons. The van der Waals surface area contributed by atoms with Crippen molar-refractivity contribution in [2.75, 3.05) is 7.05 Å². The average Bonchev–Trinajstić information content (AvgIpc) is 2.60. The van der Waals surface area contributed by atoms with E-state index >= 15 is 0 Å². The first-order chi connectivity index (χ1) is 12.6. The fourth-order valence-corrected chi connectivity index (χ4v) is 2.99. The van der Waals surface area contributed by atoms with Gasteiger partial charge >= 0.3 is 11.4 Å². The van der Waals surface area contributed by atoms with Gasteiger partial charge in [-0.05, 0) is 42.8 Å². The molecule has 5 nitrogen and oxygen atoms in total. The molecule has 0 atom stereocenters. The fraction of sp³-hybridized carbons (Fsp3) is 0.294. The lowest BCUT2D eigenvalue weighted by atomic mass is 10.0. The number of hydrogen-bond donors (Lipinski definition) is 0. The van der Waals surface area contributed by atoms with E-state index in [1.807, 2.05) is 0 Å². The topological polar surface area (TPSA) is 68.1 Å². The van der Waals surface area contributed by atoms with Gasteiger partial charge in [-0.25, -0.2) is 0 Å². The van der Waals surface area contributed by atoms with Gasteiger partial charge in [-0.1, -0.05) is 0 Å². The number of ketones is 2. The van der Waals surface area contributed by atoms with E-state index in [4.69, 9.17) is 0 Å². The van der Waals surface area contributed by atoms with Crippen molar-refractivity contribution in [3.8, 4) is 5.75 Å². The molecule has 1 aromatic carbocycles. The van der Waals surface area contributed by atoms with Gasteiger partial charge in [0.25, 0.3) is 0 Å². The smallest absolute Gasteiger partial charge is 0.426 e. The number of alkyl halides is 4. The lowest BCUT2D eigenvalue weighted by Crippen LogP contribution is -2.45. The van der Waals surface area contributed by atoms with Crippen molar-refractivity contribution in [2.45, 2.75) is 29.1 Å². The number of allylic oxidation sites excluding steroid dienone is 1. The summed E-state index contributed by atoms with van der Waals surface area (Å²) < 4.78 is 57.3. The molecule has 1 aromatic rings. The Balaban J connectivity index is 2.10. The molecule has 0 amide bonds. The highest BCUT2D eigenvalue weighted by atomic mass is 32.2. The number of fused-ring (bicyclic) bond motifs is 1. The number of carbonyl (C=O) groups excluding carboxylic acids is 2. The van der Waals surface area contributed by atoms with Crippen molar-refractivity contribution in [3.05, 3.63) is 36.0 Å². The number of hydrogen-bond acceptors (Lipinski definition) is 6. The molecule has 0 aliphatic carbocycles. The molecule has 10 heteroatoms. The molecule has 0 saturated heterocycles. The van der Waals surface area contributed by atoms with Gasteiger partial charge in [0.2, 0.25) is 0 Å². The molecular weight excluding hydrogens is 388 g/mol. The molecule has 0 N–H and O–H groups in total. The molecule has 0 aromatic heterocycles. The first-order valence-electron chi connectivity index (χ1n) is 7.54. The average molecular weight is 402 g/mol. The number of nitrogens with zero attached hydrogens (tertiary/aromatic N) is 2. The number of aliphatic imine (C=N–C) groups is 2. The Kier molecular flexibility index (Phi) is 6.19. The van der Waals surface area contributed by atoms with Crippen LogP contribution in [-0.4, -0.2) is 42.4 Å². The van der Waals surface area contributed by atoms with Crippen LogP contribution >= 0.6 is 11.8 Å². The van der Waals surface area contributed by atoms with Crippen molar-refractivity contribution in [1.82, 2.24) is 0 Å². The van der Waals surface area contributed by atoms with Crippen molar-refractivity contribution in [3.63, 3.8) is 0 Å². The van der Waals surface area contributed by atoms with Crippen LogP contribution in [0.3, 0.4) is 0 Å². The summed E-state index contributed by atoms with van der Waals surface area (Å²) in [5.74, 6) is -1.35. The summed E-state index contributed by atoms with van der Waals surface area (Å²) in [4.78, 5) is 31.2. The van der Waals surface area contributed by atoms with Crippen LogP contribution in [0.1, 0.15) is 23.2 Å². The second kappa shape index (κ2) is 8.03. The van der Waals surface area contributed by atoms with E-state index in [1.54, 1.807) is 0 Å². The van der Waals surface area contributed by atoms with E-state index in [2.05, 4.69) is 21.4 Å². The van der Waals surface area contributed by atoms with E-state index in [-0.39, 0.29) is 40.8 Å². The van der Waals surface area contributed by atoms with Crippen LogP contribution in [0.2, 0.25) is 0 Å². The van der Waals surface area contributed by atoms with Gasteiger partial charge in [0.1, 0.15) is 11.5 Å². The third kappa shape index (κ3) is 4.62. The van der Waals surface area contributed by atoms with Crippen molar-refractivity contribution in [2.24, 2.45) is 9.98 Å². The Hall–Kier alpha value is -2.49. The summed E-state index contributed by atoms with van der Waals surface area (Å²) in [6.07, 6.45) is -2.40. The fourth-order valence-electron chi connectivity index (χ4n) is 2.16. The highest BCUT2D eigenvalue weighted by molar-refractivity contribution is 8.00. The predicted octanol–water partition coefficient (Wildman–Crippen LogP) is 4.17. The first kappa shape index (κ1) is 20.8. The predicted molar refractivity (Wildman–Crippen MR) is 93.4 cm³/mol. The molecule has 0 fully saturated rings.